The number of fused-ring (bicyclic) bond motifs is 6. The number of hydrogen-bond acceptors (Lipinski definition) is 2. The van der Waals surface area contributed by atoms with Gasteiger partial charge in [0.05, 0.1) is 0 Å². The highest BCUT2D eigenvalue weighted by molar-refractivity contribution is 6.41. The minimum atomic E-state index is 0.912. The molecule has 0 bridgehead atoms. The van der Waals surface area contributed by atoms with Crippen LogP contribution in [0.4, 0.5) is 0 Å². The molecular weight excluding hydrogens is 259 g/mol. The monoisotopic (exact) mass is 270 g/mol. The van der Waals surface area contributed by atoms with E-state index in [9.17, 15) is 0 Å². The molecule has 2 nitrogen and oxygen atoms in total. The Hall–Kier alpha value is -2.68. The average Bonchev–Trinajstić information content (AvgIpc) is 3.03. The molecule has 0 aliphatic rings. The third-order valence-electron chi connectivity index (χ3n) is 4.20. The van der Waals surface area contributed by atoms with Gasteiger partial charge >= 0.3 is 0 Å². The minimum absolute atomic E-state index is 0.912. The van der Waals surface area contributed by atoms with Gasteiger partial charge in [-0.15, -0.1) is 0 Å². The SMILES string of the molecule is Bc1cccc2oc3cc4c(cc3c12)oc1ccccc14. The summed E-state index contributed by atoms with van der Waals surface area (Å²) in [6.07, 6.45) is 0. The van der Waals surface area contributed by atoms with E-state index in [1.165, 1.54) is 10.8 Å². The van der Waals surface area contributed by atoms with Crippen molar-refractivity contribution in [3.63, 3.8) is 0 Å². The zero-order valence-electron chi connectivity index (χ0n) is 11.5. The molecule has 2 aromatic heterocycles. The lowest BCUT2D eigenvalue weighted by Crippen LogP contribution is -2.00. The van der Waals surface area contributed by atoms with Crippen molar-refractivity contribution < 1.29 is 8.83 Å². The Morgan fingerprint density at radius 2 is 1.33 bits per heavy atom. The van der Waals surface area contributed by atoms with Crippen LogP contribution < -0.4 is 5.46 Å². The van der Waals surface area contributed by atoms with Crippen molar-refractivity contribution >= 4 is 57.2 Å². The van der Waals surface area contributed by atoms with Crippen LogP contribution in [0.5, 0.6) is 0 Å². The van der Waals surface area contributed by atoms with E-state index in [1.54, 1.807) is 0 Å². The Kier molecular flexibility index (Phi) is 1.94. The molecule has 3 heteroatoms. The van der Waals surface area contributed by atoms with Crippen LogP contribution in [0.2, 0.25) is 0 Å². The number of benzene rings is 3. The standard InChI is InChI=1S/C18H11BO2/c19-13-5-3-7-15-18(13)12-9-16-11(8-17(12)21-15)10-4-1-2-6-14(10)20-16/h1-9H,19H2. The minimum Gasteiger partial charge on any atom is -0.456 e. The molecule has 0 fully saturated rings. The maximum absolute atomic E-state index is 6.02. The second-order valence-corrected chi connectivity index (χ2v) is 5.49. The molecule has 21 heavy (non-hydrogen) atoms. The lowest BCUT2D eigenvalue weighted by molar-refractivity contribution is 0.664. The van der Waals surface area contributed by atoms with Crippen LogP contribution in [0.25, 0.3) is 43.9 Å². The molecule has 0 atom stereocenters. The van der Waals surface area contributed by atoms with Gasteiger partial charge in [-0.05, 0) is 24.3 Å². The normalized spacial score (nSPS) is 12.0. The Bertz CT molecular complexity index is 1150. The molecular formula is C18H11BO2. The van der Waals surface area contributed by atoms with Gasteiger partial charge in [0.25, 0.3) is 0 Å². The first-order valence-electron chi connectivity index (χ1n) is 7.04. The lowest BCUT2D eigenvalue weighted by atomic mass is 9.91. The third-order valence-corrected chi connectivity index (χ3v) is 4.20. The fraction of sp³-hybridized carbons (Fsp3) is 0. The topological polar surface area (TPSA) is 26.3 Å². The van der Waals surface area contributed by atoms with E-state index in [4.69, 9.17) is 8.83 Å². The quantitative estimate of drug-likeness (QED) is 0.401. The fourth-order valence-corrected chi connectivity index (χ4v) is 3.22. The van der Waals surface area contributed by atoms with Gasteiger partial charge in [0.2, 0.25) is 0 Å². The first-order chi connectivity index (χ1) is 10.3. The van der Waals surface area contributed by atoms with Gasteiger partial charge in [0, 0.05) is 21.5 Å². The van der Waals surface area contributed by atoms with Gasteiger partial charge < -0.3 is 8.83 Å². The molecule has 0 radical (unpaired) electrons. The predicted octanol–water partition coefficient (Wildman–Crippen LogP) is 3.74. The van der Waals surface area contributed by atoms with Gasteiger partial charge in [0.1, 0.15) is 30.2 Å². The van der Waals surface area contributed by atoms with Crippen molar-refractivity contribution in [1.29, 1.82) is 0 Å². The fourth-order valence-electron chi connectivity index (χ4n) is 3.22. The lowest BCUT2D eigenvalue weighted by Gasteiger charge is -1.94. The zero-order chi connectivity index (χ0) is 14.0. The Morgan fingerprint density at radius 3 is 2.29 bits per heavy atom. The van der Waals surface area contributed by atoms with Crippen LogP contribution in [-0.2, 0) is 0 Å². The molecule has 3 aromatic carbocycles. The molecule has 0 aliphatic carbocycles. The van der Waals surface area contributed by atoms with Crippen molar-refractivity contribution in [3.8, 4) is 0 Å². The largest absolute Gasteiger partial charge is 0.456 e. The molecule has 0 saturated carbocycles. The third kappa shape index (κ3) is 1.38. The van der Waals surface area contributed by atoms with Gasteiger partial charge in [-0.1, -0.05) is 35.8 Å². The molecule has 5 aromatic rings. The molecule has 5 rings (SSSR count). The molecule has 0 aliphatic heterocycles. The number of hydrogen-bond donors (Lipinski definition) is 0. The summed E-state index contributed by atoms with van der Waals surface area (Å²) < 4.78 is 12.0. The van der Waals surface area contributed by atoms with Gasteiger partial charge in [0.15, 0.2) is 0 Å². The summed E-state index contributed by atoms with van der Waals surface area (Å²) in [6, 6.07) is 18.5. The van der Waals surface area contributed by atoms with Crippen molar-refractivity contribution in [2.75, 3.05) is 0 Å². The summed E-state index contributed by atoms with van der Waals surface area (Å²) >= 11 is 0. The Labute approximate surface area is 121 Å². The first kappa shape index (κ1) is 11.0. The zero-order valence-corrected chi connectivity index (χ0v) is 11.5. The van der Waals surface area contributed by atoms with Crippen molar-refractivity contribution in [3.05, 3.63) is 54.6 Å². The van der Waals surface area contributed by atoms with Crippen LogP contribution in [0, 0.1) is 0 Å². The van der Waals surface area contributed by atoms with Gasteiger partial charge in [-0.2, -0.15) is 0 Å². The van der Waals surface area contributed by atoms with Gasteiger partial charge in [-0.3, -0.25) is 0 Å². The number of rotatable bonds is 0. The van der Waals surface area contributed by atoms with E-state index in [0.717, 1.165) is 38.5 Å². The first-order valence-corrected chi connectivity index (χ1v) is 7.04. The highest BCUT2D eigenvalue weighted by Crippen LogP contribution is 2.35. The molecule has 0 saturated heterocycles. The second kappa shape index (κ2) is 3.70. The smallest absolute Gasteiger partial charge is 0.140 e. The highest BCUT2D eigenvalue weighted by Gasteiger charge is 2.13. The molecule has 98 valence electrons. The summed E-state index contributed by atoms with van der Waals surface area (Å²) in [5, 5.41) is 4.53. The maximum Gasteiger partial charge on any atom is 0.140 e. The summed E-state index contributed by atoms with van der Waals surface area (Å²) in [6.45, 7) is 0. The van der Waals surface area contributed by atoms with E-state index in [-0.39, 0.29) is 0 Å². The summed E-state index contributed by atoms with van der Waals surface area (Å²) in [7, 11) is 2.11. The predicted molar refractivity (Wildman–Crippen MR) is 89.2 cm³/mol. The maximum atomic E-state index is 6.02. The Balaban J connectivity index is 2.05. The van der Waals surface area contributed by atoms with Crippen LogP contribution in [-0.4, -0.2) is 7.85 Å². The van der Waals surface area contributed by atoms with Crippen LogP contribution in [0.15, 0.2) is 63.4 Å². The molecule has 0 N–H and O–H groups in total. The number of para-hydroxylation sites is 1. The van der Waals surface area contributed by atoms with E-state index >= 15 is 0 Å². The molecule has 0 unspecified atom stereocenters. The van der Waals surface area contributed by atoms with E-state index in [2.05, 4.69) is 32.1 Å². The van der Waals surface area contributed by atoms with E-state index < -0.39 is 0 Å². The molecule has 0 spiro atoms. The molecule has 0 amide bonds. The summed E-state index contributed by atoms with van der Waals surface area (Å²) in [5.41, 5.74) is 4.90. The average molecular weight is 270 g/mol. The van der Waals surface area contributed by atoms with Crippen LogP contribution >= 0.6 is 0 Å². The van der Waals surface area contributed by atoms with Crippen LogP contribution in [0.3, 0.4) is 0 Å². The van der Waals surface area contributed by atoms with Crippen molar-refractivity contribution in [1.82, 2.24) is 0 Å². The van der Waals surface area contributed by atoms with E-state index in [1.807, 2.05) is 30.3 Å². The second-order valence-electron chi connectivity index (χ2n) is 5.49. The Morgan fingerprint density at radius 1 is 0.619 bits per heavy atom. The van der Waals surface area contributed by atoms with E-state index in [0.29, 0.717) is 0 Å². The van der Waals surface area contributed by atoms with Crippen molar-refractivity contribution in [2.45, 2.75) is 0 Å². The highest BCUT2D eigenvalue weighted by atomic mass is 16.3. The summed E-state index contributed by atoms with van der Waals surface area (Å²) in [5.74, 6) is 0. The molecule has 2 heterocycles. The van der Waals surface area contributed by atoms with Gasteiger partial charge in [-0.25, -0.2) is 0 Å². The summed E-state index contributed by atoms with van der Waals surface area (Å²) in [4.78, 5) is 0. The van der Waals surface area contributed by atoms with Crippen LogP contribution in [0.1, 0.15) is 0 Å². The van der Waals surface area contributed by atoms with Crippen molar-refractivity contribution in [2.24, 2.45) is 0 Å². The number of furan rings is 2.